The van der Waals surface area contributed by atoms with E-state index in [9.17, 15) is 19.2 Å². The van der Waals surface area contributed by atoms with Gasteiger partial charge in [0.2, 0.25) is 0 Å². The number of ether oxygens (including phenoxy) is 6. The molecule has 0 amide bonds. The number of nitrogens with two attached hydrogens (primary N) is 1. The lowest BCUT2D eigenvalue weighted by atomic mass is 9.90. The Hall–Kier alpha value is -4.19. The van der Waals surface area contributed by atoms with Crippen LogP contribution in [0.4, 0.5) is 5.82 Å². The van der Waals surface area contributed by atoms with E-state index in [0.29, 0.717) is 22.9 Å². The summed E-state index contributed by atoms with van der Waals surface area (Å²) in [5, 5.41) is 0. The van der Waals surface area contributed by atoms with Crippen LogP contribution in [0.25, 0.3) is 0 Å². The van der Waals surface area contributed by atoms with Gasteiger partial charge in [0.15, 0.2) is 18.3 Å². The van der Waals surface area contributed by atoms with Crippen molar-refractivity contribution in [2.75, 3.05) is 12.3 Å². The molecule has 37 heavy (non-hydrogen) atoms. The van der Waals surface area contributed by atoms with Gasteiger partial charge in [-0.3, -0.25) is 19.2 Å². The summed E-state index contributed by atoms with van der Waals surface area (Å²) in [4.78, 5) is 51.4. The number of hydrogen-bond donors (Lipinski definition) is 1. The van der Waals surface area contributed by atoms with Crippen molar-refractivity contribution in [2.24, 2.45) is 0 Å². The van der Waals surface area contributed by atoms with E-state index in [4.69, 9.17) is 34.2 Å². The zero-order chi connectivity index (χ0) is 27.1. The fourth-order valence-electron chi connectivity index (χ4n) is 3.84. The molecule has 2 N–H and O–H groups in total. The number of carbonyl (C=O) groups excluding carboxylic acids is 4. The Morgan fingerprint density at radius 1 is 0.838 bits per heavy atom. The van der Waals surface area contributed by atoms with Crippen LogP contribution in [0.5, 0.6) is 11.5 Å². The second kappa shape index (κ2) is 12.2. The highest BCUT2D eigenvalue weighted by Crippen LogP contribution is 2.39. The topological polar surface area (TPSA) is 163 Å². The number of hydrogen-bond acceptors (Lipinski definition) is 12. The van der Waals surface area contributed by atoms with E-state index < -0.39 is 54.4 Å². The van der Waals surface area contributed by atoms with E-state index in [1.165, 1.54) is 20.0 Å². The zero-order valence-electron chi connectivity index (χ0n) is 20.7. The number of rotatable bonds is 8. The molecule has 198 valence electrons. The molecule has 0 saturated carbocycles. The average Bonchev–Trinajstić information content (AvgIpc) is 2.81. The maximum Gasteiger partial charge on any atom is 0.303 e. The molecule has 5 atom stereocenters. The molecule has 12 heteroatoms. The van der Waals surface area contributed by atoms with Crippen molar-refractivity contribution in [1.29, 1.82) is 0 Å². The highest BCUT2D eigenvalue weighted by Gasteiger charge is 2.52. The first-order chi connectivity index (χ1) is 17.5. The minimum atomic E-state index is -1.27. The highest BCUT2D eigenvalue weighted by molar-refractivity contribution is 5.69. The van der Waals surface area contributed by atoms with Crippen molar-refractivity contribution in [2.45, 2.75) is 58.2 Å². The molecule has 1 aliphatic rings. The fraction of sp³-hybridized carbons (Fsp3) is 0.400. The Balaban J connectivity index is 2.02. The summed E-state index contributed by atoms with van der Waals surface area (Å²) < 4.78 is 33.5. The maximum atomic E-state index is 12.0. The standard InChI is InChI=1S/C25H28N2O10/c1-13(28)32-12-20-23(33-14(2)29)25(35-16(4)31)24(34-15(3)30)22(37-20)17-6-5-7-18(10-17)36-19-8-9-21(26)27-11-19/h5-11,20,22-25H,12H2,1-4H3,(H2,26,27)/t20-,22-,23-,24-,25-/m1/s1. The third-order valence-electron chi connectivity index (χ3n) is 5.17. The monoisotopic (exact) mass is 516 g/mol. The average molecular weight is 517 g/mol. The Kier molecular flexibility index (Phi) is 9.01. The van der Waals surface area contributed by atoms with Gasteiger partial charge in [0.1, 0.15) is 36.1 Å². The van der Waals surface area contributed by atoms with Gasteiger partial charge in [-0.2, -0.15) is 0 Å². The van der Waals surface area contributed by atoms with E-state index in [0.717, 1.165) is 13.8 Å². The summed E-state index contributed by atoms with van der Waals surface area (Å²) >= 11 is 0. The van der Waals surface area contributed by atoms with Crippen LogP contribution < -0.4 is 10.5 Å². The Morgan fingerprint density at radius 3 is 2.08 bits per heavy atom. The third kappa shape index (κ3) is 7.64. The Bertz CT molecular complexity index is 1140. The SMILES string of the molecule is CC(=O)OC[C@H]1O[C@H](c2cccc(Oc3ccc(N)nc3)c2)[C@@H](OC(C)=O)[C@H](OC(C)=O)[C@@H]1OC(C)=O. The second-order valence-corrected chi connectivity index (χ2v) is 8.21. The summed E-state index contributed by atoms with van der Waals surface area (Å²) in [5.41, 5.74) is 6.10. The van der Waals surface area contributed by atoms with Gasteiger partial charge >= 0.3 is 23.9 Å². The number of nitrogens with zero attached hydrogens (tertiary/aromatic N) is 1. The van der Waals surface area contributed by atoms with Crippen LogP contribution in [0.1, 0.15) is 39.4 Å². The van der Waals surface area contributed by atoms with Crippen molar-refractivity contribution in [3.8, 4) is 11.5 Å². The third-order valence-corrected chi connectivity index (χ3v) is 5.17. The van der Waals surface area contributed by atoms with Crippen molar-refractivity contribution < 1.29 is 47.6 Å². The number of nitrogen functional groups attached to an aromatic ring is 1. The zero-order valence-corrected chi connectivity index (χ0v) is 20.7. The van der Waals surface area contributed by atoms with Gasteiger partial charge in [0, 0.05) is 27.7 Å². The van der Waals surface area contributed by atoms with Gasteiger partial charge in [0.25, 0.3) is 0 Å². The quantitative estimate of drug-likeness (QED) is 0.403. The molecular weight excluding hydrogens is 488 g/mol. The Morgan fingerprint density at radius 2 is 1.49 bits per heavy atom. The van der Waals surface area contributed by atoms with E-state index in [-0.39, 0.29) is 6.61 Å². The van der Waals surface area contributed by atoms with Gasteiger partial charge in [-0.15, -0.1) is 0 Å². The molecular formula is C25H28N2O10. The second-order valence-electron chi connectivity index (χ2n) is 8.21. The molecule has 0 spiro atoms. The number of aromatic nitrogens is 1. The molecule has 12 nitrogen and oxygen atoms in total. The van der Waals surface area contributed by atoms with Crippen molar-refractivity contribution in [3.05, 3.63) is 48.2 Å². The molecule has 0 radical (unpaired) electrons. The van der Waals surface area contributed by atoms with E-state index in [2.05, 4.69) is 4.98 Å². The van der Waals surface area contributed by atoms with Crippen LogP contribution in [0, 0.1) is 0 Å². The first-order valence-corrected chi connectivity index (χ1v) is 11.3. The summed E-state index contributed by atoms with van der Waals surface area (Å²) in [6.07, 6.45) is -4.34. The number of esters is 4. The molecule has 1 fully saturated rings. The van der Waals surface area contributed by atoms with Crippen LogP contribution in [-0.2, 0) is 42.9 Å². The van der Waals surface area contributed by atoms with Crippen molar-refractivity contribution >= 4 is 29.7 Å². The van der Waals surface area contributed by atoms with Gasteiger partial charge in [0.05, 0.1) is 6.20 Å². The summed E-state index contributed by atoms with van der Waals surface area (Å²) in [7, 11) is 0. The smallest absolute Gasteiger partial charge is 0.303 e. The molecule has 1 aromatic carbocycles. The highest BCUT2D eigenvalue weighted by atomic mass is 16.7. The molecule has 0 bridgehead atoms. The van der Waals surface area contributed by atoms with Crippen LogP contribution in [0.3, 0.4) is 0 Å². The number of benzene rings is 1. The van der Waals surface area contributed by atoms with Crippen LogP contribution >= 0.6 is 0 Å². The van der Waals surface area contributed by atoms with Gasteiger partial charge in [-0.1, -0.05) is 12.1 Å². The molecule has 0 unspecified atom stereocenters. The summed E-state index contributed by atoms with van der Waals surface area (Å²) in [6.45, 7) is 4.39. The van der Waals surface area contributed by atoms with E-state index >= 15 is 0 Å². The minimum absolute atomic E-state index is 0.318. The van der Waals surface area contributed by atoms with Gasteiger partial charge in [-0.25, -0.2) is 4.98 Å². The van der Waals surface area contributed by atoms with Crippen LogP contribution in [-0.4, -0.2) is 59.9 Å². The normalized spacial score (nSPS) is 22.9. The van der Waals surface area contributed by atoms with Gasteiger partial charge in [-0.05, 0) is 29.8 Å². The number of pyridine rings is 1. The number of anilines is 1. The summed E-state index contributed by atoms with van der Waals surface area (Å²) in [5.74, 6) is -1.54. The van der Waals surface area contributed by atoms with Crippen LogP contribution in [0.2, 0.25) is 0 Å². The molecule has 3 rings (SSSR count). The van der Waals surface area contributed by atoms with E-state index in [1.807, 2.05) is 0 Å². The Labute approximate surface area is 212 Å². The van der Waals surface area contributed by atoms with E-state index in [1.54, 1.807) is 36.4 Å². The minimum Gasteiger partial charge on any atom is -0.463 e. The lowest BCUT2D eigenvalue weighted by Crippen LogP contribution is -2.59. The predicted molar refractivity (Wildman–Crippen MR) is 126 cm³/mol. The molecule has 0 aliphatic carbocycles. The number of carbonyl (C=O) groups is 4. The molecule has 1 saturated heterocycles. The molecule has 2 aromatic rings. The lowest BCUT2D eigenvalue weighted by molar-refractivity contribution is -0.254. The van der Waals surface area contributed by atoms with Crippen molar-refractivity contribution in [3.63, 3.8) is 0 Å². The van der Waals surface area contributed by atoms with Crippen LogP contribution in [0.15, 0.2) is 42.6 Å². The first kappa shape index (κ1) is 27.4. The lowest BCUT2D eigenvalue weighted by Gasteiger charge is -2.44. The summed E-state index contributed by atoms with van der Waals surface area (Å²) in [6, 6.07) is 9.92. The molecule has 1 aromatic heterocycles. The first-order valence-electron chi connectivity index (χ1n) is 11.3. The predicted octanol–water partition coefficient (Wildman–Crippen LogP) is 2.25. The maximum absolute atomic E-state index is 12.0. The van der Waals surface area contributed by atoms with Gasteiger partial charge < -0.3 is 34.2 Å². The molecule has 1 aliphatic heterocycles. The molecule has 2 heterocycles. The fourth-order valence-corrected chi connectivity index (χ4v) is 3.84. The van der Waals surface area contributed by atoms with Crippen molar-refractivity contribution in [1.82, 2.24) is 4.98 Å². The largest absolute Gasteiger partial charge is 0.463 e.